The van der Waals surface area contributed by atoms with Crippen molar-refractivity contribution < 1.29 is 17.7 Å². The summed E-state index contributed by atoms with van der Waals surface area (Å²) in [5, 5.41) is 17.8. The molecule has 0 radical (unpaired) electrons. The number of likely N-dealkylation sites (tertiary alicyclic amines) is 1. The summed E-state index contributed by atoms with van der Waals surface area (Å²) in [7, 11) is 0. The number of halogens is 3. The number of benzene rings is 3. The Bertz CT molecular complexity index is 1700. The number of nitrogens with zero attached hydrogens (tertiary/aromatic N) is 4. The average Bonchev–Trinajstić information content (AvgIpc) is 3.75. The molecule has 3 aromatic carbocycles. The molecule has 42 heavy (non-hydrogen) atoms. The molecule has 1 aliphatic heterocycles. The first-order valence-corrected chi connectivity index (χ1v) is 14.2. The van der Waals surface area contributed by atoms with E-state index in [4.69, 9.17) is 15.7 Å². The highest BCUT2D eigenvalue weighted by molar-refractivity contribution is 7.14. The summed E-state index contributed by atoms with van der Waals surface area (Å²) in [4.78, 5) is 11.1. The minimum absolute atomic E-state index is 0.0691. The SMILES string of the molecule is N=C(N)N1CCC[C@H]1Cc1nc(-c2ccc(Nc3nc(-c4ccc(-c5cccc(C(F)(F)F)c5)cc4)cs3)cc2)no1. The Labute approximate surface area is 243 Å². The first-order chi connectivity index (χ1) is 20.2. The fourth-order valence-electron chi connectivity index (χ4n) is 5.02. The normalized spacial score (nSPS) is 15.2. The molecule has 0 saturated carbocycles. The van der Waals surface area contributed by atoms with Gasteiger partial charge in [-0.3, -0.25) is 5.41 Å². The standard InChI is InChI=1S/C30H26F3N7OS/c31-30(32,33)22-4-1-3-21(15-22)18-6-8-19(9-7-18)25-17-42-29(37-25)36-23-12-10-20(11-13-23)27-38-26(41-39-27)16-24-5-2-14-40(24)28(34)35/h1,3-4,6-13,15,17,24H,2,5,14,16H2,(H3,34,35)(H,36,37)/t24-/m0/s1. The molecule has 2 aromatic heterocycles. The summed E-state index contributed by atoms with van der Waals surface area (Å²) in [5.41, 5.74) is 9.49. The van der Waals surface area contributed by atoms with Crippen LogP contribution in [0.4, 0.5) is 24.0 Å². The van der Waals surface area contributed by atoms with E-state index in [-0.39, 0.29) is 12.0 Å². The Balaban J connectivity index is 1.09. The number of guanidine groups is 1. The first-order valence-electron chi connectivity index (χ1n) is 13.3. The number of aromatic nitrogens is 3. The lowest BCUT2D eigenvalue weighted by atomic mass is 10.0. The smallest absolute Gasteiger partial charge is 0.370 e. The molecule has 1 atom stereocenters. The lowest BCUT2D eigenvalue weighted by Crippen LogP contribution is -2.41. The molecular weight excluding hydrogens is 563 g/mol. The molecule has 12 heteroatoms. The summed E-state index contributed by atoms with van der Waals surface area (Å²) in [5.74, 6) is 1.08. The molecule has 0 spiro atoms. The molecule has 1 fully saturated rings. The van der Waals surface area contributed by atoms with Crippen LogP contribution in [0.3, 0.4) is 0 Å². The van der Waals surface area contributed by atoms with Gasteiger partial charge in [0.25, 0.3) is 0 Å². The van der Waals surface area contributed by atoms with E-state index in [9.17, 15) is 13.2 Å². The molecule has 1 saturated heterocycles. The van der Waals surface area contributed by atoms with Crippen molar-refractivity contribution in [2.75, 3.05) is 11.9 Å². The number of nitrogens with one attached hydrogen (secondary N) is 2. The number of hydrogen-bond acceptors (Lipinski definition) is 7. The molecule has 0 unspecified atom stereocenters. The van der Waals surface area contributed by atoms with Gasteiger partial charge in [-0.1, -0.05) is 41.6 Å². The van der Waals surface area contributed by atoms with Gasteiger partial charge in [-0.15, -0.1) is 11.3 Å². The summed E-state index contributed by atoms with van der Waals surface area (Å²) in [6, 6.07) is 20.3. The van der Waals surface area contributed by atoms with E-state index in [2.05, 4.69) is 20.4 Å². The van der Waals surface area contributed by atoms with Gasteiger partial charge in [0, 0.05) is 41.2 Å². The predicted octanol–water partition coefficient (Wildman–Crippen LogP) is 7.19. The highest BCUT2D eigenvalue weighted by atomic mass is 32.1. The molecule has 4 N–H and O–H groups in total. The zero-order valence-corrected chi connectivity index (χ0v) is 23.0. The summed E-state index contributed by atoms with van der Waals surface area (Å²) in [6.45, 7) is 0.769. The second-order valence-corrected chi connectivity index (χ2v) is 10.8. The average molecular weight is 590 g/mol. The zero-order valence-electron chi connectivity index (χ0n) is 22.2. The number of anilines is 2. The van der Waals surface area contributed by atoms with Crippen LogP contribution >= 0.6 is 11.3 Å². The van der Waals surface area contributed by atoms with Crippen molar-refractivity contribution in [3.63, 3.8) is 0 Å². The first kappa shape index (κ1) is 27.5. The molecule has 0 amide bonds. The van der Waals surface area contributed by atoms with Crippen molar-refractivity contribution in [1.29, 1.82) is 5.41 Å². The van der Waals surface area contributed by atoms with E-state index >= 15 is 0 Å². The maximum Gasteiger partial charge on any atom is 0.416 e. The van der Waals surface area contributed by atoms with Crippen molar-refractivity contribution in [3.05, 3.63) is 89.6 Å². The van der Waals surface area contributed by atoms with Gasteiger partial charge in [-0.25, -0.2) is 4.98 Å². The van der Waals surface area contributed by atoms with E-state index in [1.54, 1.807) is 18.2 Å². The van der Waals surface area contributed by atoms with Crippen LogP contribution in [0.25, 0.3) is 33.8 Å². The maximum absolute atomic E-state index is 13.1. The van der Waals surface area contributed by atoms with Crippen LogP contribution in [0, 0.1) is 5.41 Å². The number of alkyl halides is 3. The second kappa shape index (κ2) is 11.3. The van der Waals surface area contributed by atoms with Crippen LogP contribution in [0.2, 0.25) is 0 Å². The van der Waals surface area contributed by atoms with Crippen molar-refractivity contribution in [3.8, 4) is 33.8 Å². The number of rotatable bonds is 7. The van der Waals surface area contributed by atoms with Gasteiger partial charge in [0.15, 0.2) is 11.1 Å². The highest BCUT2D eigenvalue weighted by Gasteiger charge is 2.30. The Morgan fingerprint density at radius 2 is 1.74 bits per heavy atom. The predicted molar refractivity (Wildman–Crippen MR) is 156 cm³/mol. The fourth-order valence-corrected chi connectivity index (χ4v) is 5.76. The molecule has 0 bridgehead atoms. The molecule has 214 valence electrons. The van der Waals surface area contributed by atoms with Crippen molar-refractivity contribution in [2.45, 2.75) is 31.5 Å². The largest absolute Gasteiger partial charge is 0.416 e. The van der Waals surface area contributed by atoms with E-state index < -0.39 is 11.7 Å². The lowest BCUT2D eigenvalue weighted by molar-refractivity contribution is -0.137. The van der Waals surface area contributed by atoms with E-state index in [1.807, 2.05) is 46.7 Å². The summed E-state index contributed by atoms with van der Waals surface area (Å²) in [6.07, 6.45) is -1.92. The summed E-state index contributed by atoms with van der Waals surface area (Å²) >= 11 is 1.45. The molecule has 1 aliphatic rings. The van der Waals surface area contributed by atoms with Gasteiger partial charge in [0.05, 0.1) is 11.3 Å². The summed E-state index contributed by atoms with van der Waals surface area (Å²) < 4.78 is 44.7. The molecule has 3 heterocycles. The van der Waals surface area contributed by atoms with Gasteiger partial charge in [0.2, 0.25) is 11.7 Å². The fraction of sp³-hybridized carbons (Fsp3) is 0.200. The Hall–Kier alpha value is -4.71. The third-order valence-electron chi connectivity index (χ3n) is 7.17. The zero-order chi connectivity index (χ0) is 29.3. The molecule has 5 aromatic rings. The number of hydrogen-bond donors (Lipinski definition) is 3. The van der Waals surface area contributed by atoms with E-state index in [0.717, 1.165) is 54.0 Å². The quantitative estimate of drug-likeness (QED) is 0.136. The molecule has 6 rings (SSSR count). The Kier molecular flexibility index (Phi) is 7.38. The van der Waals surface area contributed by atoms with E-state index in [1.165, 1.54) is 17.4 Å². The third-order valence-corrected chi connectivity index (χ3v) is 7.93. The van der Waals surface area contributed by atoms with Gasteiger partial charge in [-0.2, -0.15) is 18.2 Å². The van der Waals surface area contributed by atoms with Crippen LogP contribution in [0.5, 0.6) is 0 Å². The van der Waals surface area contributed by atoms with Crippen LogP contribution in [0.1, 0.15) is 24.3 Å². The van der Waals surface area contributed by atoms with Gasteiger partial charge in [0.1, 0.15) is 0 Å². The third kappa shape index (κ3) is 5.98. The highest BCUT2D eigenvalue weighted by Crippen LogP contribution is 2.34. The molecule has 0 aliphatic carbocycles. The second-order valence-electron chi connectivity index (χ2n) is 9.99. The van der Waals surface area contributed by atoms with Crippen molar-refractivity contribution >= 4 is 28.1 Å². The van der Waals surface area contributed by atoms with Crippen molar-refractivity contribution in [2.24, 2.45) is 5.73 Å². The topological polar surface area (TPSA) is 117 Å². The molecular formula is C30H26F3N7OS. The minimum atomic E-state index is -4.38. The number of nitrogens with two attached hydrogens (primary N) is 1. The lowest BCUT2D eigenvalue weighted by Gasteiger charge is -2.23. The monoisotopic (exact) mass is 589 g/mol. The van der Waals surface area contributed by atoms with Gasteiger partial charge < -0.3 is 20.5 Å². The van der Waals surface area contributed by atoms with Crippen LogP contribution in [-0.2, 0) is 12.6 Å². The minimum Gasteiger partial charge on any atom is -0.370 e. The Morgan fingerprint density at radius 3 is 2.48 bits per heavy atom. The van der Waals surface area contributed by atoms with Crippen LogP contribution in [0.15, 0.2) is 82.7 Å². The van der Waals surface area contributed by atoms with Crippen LogP contribution in [-0.4, -0.2) is 38.6 Å². The Morgan fingerprint density at radius 1 is 1.00 bits per heavy atom. The van der Waals surface area contributed by atoms with Gasteiger partial charge >= 0.3 is 6.18 Å². The van der Waals surface area contributed by atoms with Gasteiger partial charge in [-0.05, 0) is 60.4 Å². The number of thiazole rings is 1. The maximum atomic E-state index is 13.1. The van der Waals surface area contributed by atoms with E-state index in [0.29, 0.717) is 34.4 Å². The van der Waals surface area contributed by atoms with Crippen LogP contribution < -0.4 is 11.1 Å². The van der Waals surface area contributed by atoms with Crippen molar-refractivity contribution in [1.82, 2.24) is 20.0 Å². The molecule has 8 nitrogen and oxygen atoms in total.